The largest absolute Gasteiger partial charge is 0.508 e. The van der Waals surface area contributed by atoms with E-state index in [1.807, 2.05) is 72.8 Å². The molecule has 0 spiro atoms. The van der Waals surface area contributed by atoms with Gasteiger partial charge in [0, 0.05) is 5.56 Å². The maximum Gasteiger partial charge on any atom is 0.185 e. The van der Waals surface area contributed by atoms with Gasteiger partial charge in [-0.1, -0.05) is 72.8 Å². The molecule has 2 heteroatoms. The molecule has 0 aliphatic heterocycles. The number of aromatic hydroxyl groups is 1. The maximum absolute atomic E-state index is 12.2. The van der Waals surface area contributed by atoms with E-state index in [0.29, 0.717) is 5.56 Å². The van der Waals surface area contributed by atoms with Crippen LogP contribution >= 0.6 is 0 Å². The lowest BCUT2D eigenvalue weighted by Crippen LogP contribution is -1.93. The van der Waals surface area contributed by atoms with Crippen molar-refractivity contribution in [3.8, 4) is 16.9 Å². The molecule has 3 aromatic rings. The fraction of sp³-hybridized carbons (Fsp3) is 0. The molecule has 0 saturated heterocycles. The Hall–Kier alpha value is -3.13. The summed E-state index contributed by atoms with van der Waals surface area (Å²) in [5.41, 5.74) is 3.66. The summed E-state index contributed by atoms with van der Waals surface area (Å²) in [5, 5.41) is 9.32. The van der Waals surface area contributed by atoms with Crippen LogP contribution in [0.2, 0.25) is 0 Å². The molecule has 0 heterocycles. The monoisotopic (exact) mass is 300 g/mol. The first-order valence-corrected chi connectivity index (χ1v) is 7.39. The number of hydrogen-bond acceptors (Lipinski definition) is 2. The fourth-order valence-corrected chi connectivity index (χ4v) is 2.31. The summed E-state index contributed by atoms with van der Waals surface area (Å²) in [6.45, 7) is 0. The average molecular weight is 300 g/mol. The Morgan fingerprint density at radius 1 is 0.739 bits per heavy atom. The molecule has 0 fully saturated rings. The van der Waals surface area contributed by atoms with E-state index in [2.05, 4.69) is 0 Å². The van der Waals surface area contributed by atoms with Crippen molar-refractivity contribution in [1.82, 2.24) is 0 Å². The molecule has 0 amide bonds. The van der Waals surface area contributed by atoms with Gasteiger partial charge < -0.3 is 5.11 Å². The minimum absolute atomic E-state index is 0.0221. The van der Waals surface area contributed by atoms with Crippen LogP contribution in [0.15, 0.2) is 84.9 Å². The molecule has 0 unspecified atom stereocenters. The summed E-state index contributed by atoms with van der Waals surface area (Å²) < 4.78 is 0. The summed E-state index contributed by atoms with van der Waals surface area (Å²) in [4.78, 5) is 12.2. The maximum atomic E-state index is 12.2. The van der Waals surface area contributed by atoms with Crippen molar-refractivity contribution >= 4 is 11.9 Å². The standard InChI is InChI=1S/C21H16O2/c22-20-13-11-18(12-14-20)17-7-9-19(10-8-17)21(23)15-6-16-4-2-1-3-5-16/h1-15,22H. The number of phenolic OH excluding ortho intramolecular Hbond substituents is 1. The highest BCUT2D eigenvalue weighted by Gasteiger charge is 2.03. The number of allylic oxidation sites excluding steroid dienone is 1. The molecule has 0 atom stereocenters. The molecule has 0 saturated carbocycles. The Labute approximate surface area is 135 Å². The Morgan fingerprint density at radius 2 is 1.30 bits per heavy atom. The van der Waals surface area contributed by atoms with Gasteiger partial charge in [0.15, 0.2) is 5.78 Å². The zero-order valence-electron chi connectivity index (χ0n) is 12.5. The second-order valence-corrected chi connectivity index (χ2v) is 5.23. The predicted molar refractivity (Wildman–Crippen MR) is 93.3 cm³/mol. The van der Waals surface area contributed by atoms with Gasteiger partial charge in [-0.15, -0.1) is 0 Å². The van der Waals surface area contributed by atoms with E-state index in [4.69, 9.17) is 0 Å². The molecule has 2 nitrogen and oxygen atoms in total. The number of carbonyl (C=O) groups is 1. The van der Waals surface area contributed by atoms with Crippen LogP contribution in [0.4, 0.5) is 0 Å². The Kier molecular flexibility index (Phi) is 4.34. The number of rotatable bonds is 4. The van der Waals surface area contributed by atoms with E-state index in [1.54, 1.807) is 18.2 Å². The van der Waals surface area contributed by atoms with Crippen LogP contribution in [0.3, 0.4) is 0 Å². The van der Waals surface area contributed by atoms with Gasteiger partial charge in [-0.25, -0.2) is 0 Å². The van der Waals surface area contributed by atoms with Crippen molar-refractivity contribution in [2.45, 2.75) is 0 Å². The van der Waals surface area contributed by atoms with Crippen LogP contribution in [0.1, 0.15) is 15.9 Å². The third-order valence-corrected chi connectivity index (χ3v) is 3.60. The van der Waals surface area contributed by atoms with Crippen LogP contribution in [-0.4, -0.2) is 10.9 Å². The van der Waals surface area contributed by atoms with Crippen molar-refractivity contribution in [1.29, 1.82) is 0 Å². The van der Waals surface area contributed by atoms with Gasteiger partial charge in [-0.05, 0) is 34.9 Å². The Balaban J connectivity index is 1.75. The summed E-state index contributed by atoms with van der Waals surface area (Å²) in [6, 6.07) is 24.2. The summed E-state index contributed by atoms with van der Waals surface area (Å²) in [6.07, 6.45) is 3.40. The normalized spacial score (nSPS) is 10.8. The highest BCUT2D eigenvalue weighted by Crippen LogP contribution is 2.22. The van der Waals surface area contributed by atoms with E-state index in [0.717, 1.165) is 16.7 Å². The van der Waals surface area contributed by atoms with Crippen molar-refractivity contribution in [2.24, 2.45) is 0 Å². The van der Waals surface area contributed by atoms with E-state index < -0.39 is 0 Å². The zero-order chi connectivity index (χ0) is 16.1. The van der Waals surface area contributed by atoms with Crippen molar-refractivity contribution in [3.05, 3.63) is 96.1 Å². The molecule has 0 aliphatic carbocycles. The van der Waals surface area contributed by atoms with E-state index in [1.165, 1.54) is 0 Å². The zero-order valence-corrected chi connectivity index (χ0v) is 12.5. The number of hydrogen-bond donors (Lipinski definition) is 1. The third kappa shape index (κ3) is 3.74. The molecule has 0 aromatic heterocycles. The first-order chi connectivity index (χ1) is 11.2. The molecular weight excluding hydrogens is 284 g/mol. The van der Waals surface area contributed by atoms with Gasteiger partial charge in [-0.2, -0.15) is 0 Å². The topological polar surface area (TPSA) is 37.3 Å². The predicted octanol–water partition coefficient (Wildman–Crippen LogP) is 4.96. The van der Waals surface area contributed by atoms with Gasteiger partial charge in [0.25, 0.3) is 0 Å². The van der Waals surface area contributed by atoms with Crippen LogP contribution < -0.4 is 0 Å². The van der Waals surface area contributed by atoms with Crippen LogP contribution in [0.25, 0.3) is 17.2 Å². The number of phenols is 1. The number of benzene rings is 3. The molecule has 3 aromatic carbocycles. The Morgan fingerprint density at radius 3 is 1.91 bits per heavy atom. The van der Waals surface area contributed by atoms with E-state index >= 15 is 0 Å². The van der Waals surface area contributed by atoms with Gasteiger partial charge in [0.05, 0.1) is 0 Å². The highest BCUT2D eigenvalue weighted by molar-refractivity contribution is 6.07. The van der Waals surface area contributed by atoms with Crippen molar-refractivity contribution in [2.75, 3.05) is 0 Å². The van der Waals surface area contributed by atoms with E-state index in [-0.39, 0.29) is 11.5 Å². The highest BCUT2D eigenvalue weighted by atomic mass is 16.3. The smallest absolute Gasteiger partial charge is 0.185 e. The fourth-order valence-electron chi connectivity index (χ4n) is 2.31. The second-order valence-electron chi connectivity index (χ2n) is 5.23. The minimum atomic E-state index is -0.0221. The summed E-state index contributed by atoms with van der Waals surface area (Å²) >= 11 is 0. The van der Waals surface area contributed by atoms with Crippen LogP contribution in [0.5, 0.6) is 5.75 Å². The van der Waals surface area contributed by atoms with Crippen molar-refractivity contribution in [3.63, 3.8) is 0 Å². The number of ketones is 1. The number of carbonyl (C=O) groups excluding carboxylic acids is 1. The first-order valence-electron chi connectivity index (χ1n) is 7.39. The van der Waals surface area contributed by atoms with E-state index in [9.17, 15) is 9.90 Å². The molecule has 0 aliphatic rings. The first kappa shape index (κ1) is 14.8. The third-order valence-electron chi connectivity index (χ3n) is 3.60. The second kappa shape index (κ2) is 6.75. The lowest BCUT2D eigenvalue weighted by molar-refractivity contribution is 0.104. The van der Waals surface area contributed by atoms with Crippen LogP contribution in [-0.2, 0) is 0 Å². The van der Waals surface area contributed by atoms with Crippen molar-refractivity contribution < 1.29 is 9.90 Å². The SMILES string of the molecule is O=C(C=Cc1ccccc1)c1ccc(-c2ccc(O)cc2)cc1. The van der Waals surface area contributed by atoms with Gasteiger partial charge >= 0.3 is 0 Å². The molecule has 23 heavy (non-hydrogen) atoms. The summed E-state index contributed by atoms with van der Waals surface area (Å²) in [5.74, 6) is 0.220. The average Bonchev–Trinajstić information content (AvgIpc) is 2.61. The molecule has 1 N–H and O–H groups in total. The molecule has 0 radical (unpaired) electrons. The Bertz CT molecular complexity index is 814. The quantitative estimate of drug-likeness (QED) is 0.546. The van der Waals surface area contributed by atoms with Gasteiger partial charge in [0.1, 0.15) is 5.75 Å². The summed E-state index contributed by atoms with van der Waals surface area (Å²) in [7, 11) is 0. The lowest BCUT2D eigenvalue weighted by Gasteiger charge is -2.03. The van der Waals surface area contributed by atoms with Gasteiger partial charge in [0.2, 0.25) is 0 Å². The molecular formula is C21H16O2. The van der Waals surface area contributed by atoms with Gasteiger partial charge in [-0.3, -0.25) is 4.79 Å². The molecule has 112 valence electrons. The molecule has 3 rings (SSSR count). The minimum Gasteiger partial charge on any atom is -0.508 e. The lowest BCUT2D eigenvalue weighted by atomic mass is 10.0. The van der Waals surface area contributed by atoms with Crippen LogP contribution in [0, 0.1) is 0 Å². The molecule has 0 bridgehead atoms.